The number of aliphatic imine (C=N–C) groups is 1. The molecule has 1 aromatic heterocycles. The van der Waals surface area contributed by atoms with E-state index in [0.717, 1.165) is 20.3 Å². The Balaban J connectivity index is 0.000000220. The number of aliphatic carboxylic acids is 1. The van der Waals surface area contributed by atoms with Gasteiger partial charge in [-0.05, 0) is 31.4 Å². The van der Waals surface area contributed by atoms with Crippen LogP contribution in [-0.4, -0.2) is 46.1 Å². The van der Waals surface area contributed by atoms with E-state index in [2.05, 4.69) is 9.98 Å². The highest BCUT2D eigenvalue weighted by Crippen LogP contribution is 2.29. The molecule has 7 heteroatoms. The van der Waals surface area contributed by atoms with Crippen LogP contribution in [0.5, 0.6) is 0 Å². The highest BCUT2D eigenvalue weighted by atomic mass is 32.2. The predicted octanol–water partition coefficient (Wildman–Crippen LogP) is 3.43. The Morgan fingerprint density at radius 3 is 2.65 bits per heavy atom. The third kappa shape index (κ3) is 3.91. The number of carboxylic acids is 1. The molecule has 1 aliphatic carbocycles. The van der Waals surface area contributed by atoms with Gasteiger partial charge in [0.2, 0.25) is 0 Å². The summed E-state index contributed by atoms with van der Waals surface area (Å²) < 4.78 is 6.09. The van der Waals surface area contributed by atoms with Crippen molar-refractivity contribution in [3.05, 3.63) is 29.3 Å². The first kappa shape index (κ1) is 16.4. The zero-order valence-electron chi connectivity index (χ0n) is 12.8. The van der Waals surface area contributed by atoms with Crippen LogP contribution in [0, 0.1) is 0 Å². The van der Waals surface area contributed by atoms with E-state index in [0.29, 0.717) is 11.9 Å². The lowest BCUT2D eigenvalue weighted by Gasteiger charge is -2.22. The fraction of sp³-hybridized carbons (Fsp3) is 0.438. The largest absolute Gasteiger partial charge is 0.480 e. The Morgan fingerprint density at radius 1 is 1.35 bits per heavy atom. The quantitative estimate of drug-likeness (QED) is 0.918. The van der Waals surface area contributed by atoms with Crippen LogP contribution >= 0.6 is 23.1 Å². The minimum atomic E-state index is -0.867. The lowest BCUT2D eigenvalue weighted by Crippen LogP contribution is -2.18. The van der Waals surface area contributed by atoms with E-state index in [1.54, 1.807) is 18.4 Å². The number of fused-ring (bicyclic) bond motifs is 1. The molecule has 1 saturated carbocycles. The van der Waals surface area contributed by atoms with Crippen LogP contribution in [0.4, 0.5) is 0 Å². The highest BCUT2D eigenvalue weighted by molar-refractivity contribution is 8.15. The first-order chi connectivity index (χ1) is 11.2. The van der Waals surface area contributed by atoms with Crippen molar-refractivity contribution in [2.75, 3.05) is 12.9 Å². The minimum Gasteiger partial charge on any atom is -0.480 e. The van der Waals surface area contributed by atoms with Gasteiger partial charge in [-0.3, -0.25) is 4.99 Å². The molecule has 122 valence electrons. The first-order valence-electron chi connectivity index (χ1n) is 7.49. The maximum absolute atomic E-state index is 10.8. The van der Waals surface area contributed by atoms with Gasteiger partial charge in [-0.25, -0.2) is 9.78 Å². The van der Waals surface area contributed by atoms with Crippen LogP contribution in [0.25, 0.3) is 10.2 Å². The average molecular weight is 350 g/mol. The van der Waals surface area contributed by atoms with Gasteiger partial charge >= 0.3 is 5.97 Å². The number of aromatic nitrogens is 1. The van der Waals surface area contributed by atoms with Crippen molar-refractivity contribution in [1.29, 1.82) is 0 Å². The van der Waals surface area contributed by atoms with Gasteiger partial charge in [-0.2, -0.15) is 0 Å². The van der Waals surface area contributed by atoms with Gasteiger partial charge in [0.25, 0.3) is 0 Å². The van der Waals surface area contributed by atoms with Crippen molar-refractivity contribution in [2.45, 2.75) is 31.4 Å². The van der Waals surface area contributed by atoms with Gasteiger partial charge in [0.05, 0.1) is 16.3 Å². The number of methoxy groups -OCH3 is 1. The number of para-hydroxylation sites is 1. The van der Waals surface area contributed by atoms with Crippen LogP contribution in [0.1, 0.15) is 24.3 Å². The molecule has 0 radical (unpaired) electrons. The molecule has 4 rings (SSSR count). The van der Waals surface area contributed by atoms with Gasteiger partial charge in [-0.1, -0.05) is 12.1 Å². The van der Waals surface area contributed by atoms with Crippen LogP contribution in [0.3, 0.4) is 0 Å². The van der Waals surface area contributed by atoms with Gasteiger partial charge in [-0.15, -0.1) is 23.1 Å². The van der Waals surface area contributed by atoms with Crippen molar-refractivity contribution in [2.24, 2.45) is 4.99 Å². The second-order valence-electron chi connectivity index (χ2n) is 5.37. The monoisotopic (exact) mass is 350 g/mol. The topological polar surface area (TPSA) is 71.8 Å². The van der Waals surface area contributed by atoms with Gasteiger partial charge < -0.3 is 9.84 Å². The summed E-state index contributed by atoms with van der Waals surface area (Å²) in [5, 5.41) is 10.4. The molecule has 0 spiro atoms. The third-order valence-corrected chi connectivity index (χ3v) is 6.03. The number of nitrogens with zero attached hydrogens (tertiary/aromatic N) is 2. The number of hydrogen-bond donors (Lipinski definition) is 1. The molecule has 1 aliphatic heterocycles. The van der Waals surface area contributed by atoms with Crippen LogP contribution in [0.15, 0.2) is 29.3 Å². The van der Waals surface area contributed by atoms with Crippen LogP contribution in [-0.2, 0) is 9.53 Å². The molecule has 0 amide bonds. The van der Waals surface area contributed by atoms with Crippen molar-refractivity contribution in [3.8, 4) is 0 Å². The standard InChI is InChI=1S/C11H8N2O2S2.C5H10O/c14-11(15)7-5-16-9(13-7)10-12-6-3-1-2-4-8(6)17-10;1-6-5-3-2-4-5/h1-4,7H,5H2,(H,14,15);5H,2-4H2,1H3. The molecule has 5 nitrogen and oxygen atoms in total. The second-order valence-corrected chi connectivity index (χ2v) is 7.41. The molecule has 23 heavy (non-hydrogen) atoms. The Hall–Kier alpha value is -1.44. The van der Waals surface area contributed by atoms with E-state index in [4.69, 9.17) is 9.84 Å². The first-order valence-corrected chi connectivity index (χ1v) is 9.29. The maximum Gasteiger partial charge on any atom is 0.329 e. The zero-order chi connectivity index (χ0) is 16.2. The van der Waals surface area contributed by atoms with E-state index in [9.17, 15) is 4.79 Å². The van der Waals surface area contributed by atoms with E-state index in [1.807, 2.05) is 24.3 Å². The second kappa shape index (κ2) is 7.42. The molecule has 1 aromatic carbocycles. The van der Waals surface area contributed by atoms with Gasteiger partial charge in [0.1, 0.15) is 10.1 Å². The molecular formula is C16H18N2O3S2. The fourth-order valence-electron chi connectivity index (χ4n) is 2.19. The number of carbonyl (C=O) groups is 1. The number of ether oxygens (including phenoxy) is 1. The lowest BCUT2D eigenvalue weighted by atomic mass is 9.96. The van der Waals surface area contributed by atoms with Gasteiger partial charge in [0, 0.05) is 12.9 Å². The third-order valence-electron chi connectivity index (χ3n) is 3.80. The van der Waals surface area contributed by atoms with E-state index >= 15 is 0 Å². The molecule has 1 unspecified atom stereocenters. The number of hydrogen-bond acceptors (Lipinski definition) is 6. The van der Waals surface area contributed by atoms with E-state index in [1.165, 1.54) is 31.0 Å². The molecule has 0 saturated heterocycles. The zero-order valence-corrected chi connectivity index (χ0v) is 14.4. The molecule has 2 heterocycles. The minimum absolute atomic E-state index is 0.501. The summed E-state index contributed by atoms with van der Waals surface area (Å²) in [7, 11) is 1.78. The van der Waals surface area contributed by atoms with Gasteiger partial charge in [0.15, 0.2) is 6.04 Å². The maximum atomic E-state index is 10.8. The molecular weight excluding hydrogens is 332 g/mol. The SMILES string of the molecule is COC1CCC1.O=C(O)C1CSC(c2nc3ccccc3s2)=N1. The lowest BCUT2D eigenvalue weighted by molar-refractivity contribution is -0.137. The molecule has 2 aromatic rings. The Kier molecular flexibility index (Phi) is 5.30. The van der Waals surface area contributed by atoms with Crippen molar-refractivity contribution >= 4 is 44.3 Å². The number of thioether (sulfide) groups is 1. The summed E-state index contributed by atoms with van der Waals surface area (Å²) >= 11 is 3.02. The number of carboxylic acid groups (broad SMARTS) is 1. The summed E-state index contributed by atoms with van der Waals surface area (Å²) in [6.45, 7) is 0. The smallest absolute Gasteiger partial charge is 0.329 e. The number of thiazole rings is 1. The van der Waals surface area contributed by atoms with Crippen LogP contribution in [0.2, 0.25) is 0 Å². The van der Waals surface area contributed by atoms with E-state index < -0.39 is 12.0 Å². The summed E-state index contributed by atoms with van der Waals surface area (Å²) in [6, 6.07) is 7.24. The summed E-state index contributed by atoms with van der Waals surface area (Å²) in [4.78, 5) is 19.5. The Labute approximate surface area is 142 Å². The molecule has 1 N–H and O–H groups in total. The van der Waals surface area contributed by atoms with Crippen molar-refractivity contribution < 1.29 is 14.6 Å². The predicted molar refractivity (Wildman–Crippen MR) is 94.7 cm³/mol. The number of benzene rings is 1. The fourth-order valence-corrected chi connectivity index (χ4v) is 4.25. The summed E-state index contributed by atoms with van der Waals surface area (Å²) in [5.41, 5.74) is 0.939. The van der Waals surface area contributed by atoms with Crippen LogP contribution < -0.4 is 0 Å². The van der Waals surface area contributed by atoms with Crippen molar-refractivity contribution in [3.63, 3.8) is 0 Å². The molecule has 0 bridgehead atoms. The Morgan fingerprint density at radius 2 is 2.13 bits per heavy atom. The highest BCUT2D eigenvalue weighted by Gasteiger charge is 2.26. The molecule has 1 atom stereocenters. The van der Waals surface area contributed by atoms with E-state index in [-0.39, 0.29) is 0 Å². The normalized spacial score (nSPS) is 20.6. The summed E-state index contributed by atoms with van der Waals surface area (Å²) in [5.74, 6) is -0.366. The summed E-state index contributed by atoms with van der Waals surface area (Å²) in [6.07, 6.45) is 4.57. The number of rotatable bonds is 3. The molecule has 1 fully saturated rings. The van der Waals surface area contributed by atoms with Crippen molar-refractivity contribution in [1.82, 2.24) is 4.98 Å². The molecule has 2 aliphatic rings. The average Bonchev–Trinajstić information content (AvgIpc) is 3.13. The Bertz CT molecular complexity index is 689.